The van der Waals surface area contributed by atoms with Crippen LogP contribution < -0.4 is 9.47 Å². The van der Waals surface area contributed by atoms with Gasteiger partial charge in [0.25, 0.3) is 0 Å². The predicted molar refractivity (Wildman–Crippen MR) is 98.6 cm³/mol. The van der Waals surface area contributed by atoms with Gasteiger partial charge in [0, 0.05) is 12.1 Å². The molecule has 0 fully saturated rings. The van der Waals surface area contributed by atoms with Gasteiger partial charge in [0.2, 0.25) is 5.78 Å². The fraction of sp³-hybridized carbons (Fsp3) is 0.0909. The molecule has 0 atom stereocenters. The number of hydrogen-bond acceptors (Lipinski definition) is 5. The van der Waals surface area contributed by atoms with Crippen LogP contribution in [0.2, 0.25) is 0 Å². The van der Waals surface area contributed by atoms with E-state index in [4.69, 9.17) is 13.9 Å². The maximum atomic E-state index is 12.6. The van der Waals surface area contributed by atoms with Gasteiger partial charge in [-0.15, -0.1) is 0 Å². The summed E-state index contributed by atoms with van der Waals surface area (Å²) in [5.41, 5.74) is 2.02. The Kier molecular flexibility index (Phi) is 4.34. The zero-order chi connectivity index (χ0) is 18.8. The zero-order valence-corrected chi connectivity index (χ0v) is 14.6. The molecule has 134 valence electrons. The number of rotatable bonds is 4. The van der Waals surface area contributed by atoms with Crippen LogP contribution >= 0.6 is 0 Å². The first-order valence-electron chi connectivity index (χ1n) is 8.47. The van der Waals surface area contributed by atoms with Crippen molar-refractivity contribution < 1.29 is 23.5 Å². The van der Waals surface area contributed by atoms with Crippen molar-refractivity contribution >= 4 is 17.8 Å². The molecule has 1 aliphatic rings. The van der Waals surface area contributed by atoms with E-state index in [0.717, 1.165) is 5.56 Å². The van der Waals surface area contributed by atoms with Crippen LogP contribution in [0, 0.1) is 6.92 Å². The fourth-order valence-corrected chi connectivity index (χ4v) is 2.97. The Hall–Kier alpha value is -3.60. The standard InChI is InChI=1S/C22H16O5/c1-14-10-17(26-20(23)11-15-6-3-2-4-7-15)13-18-21(14)22(24)19(27-18)12-16-8-5-9-25-16/h2-10,12-13H,11H2,1H3/b19-12-. The lowest BCUT2D eigenvalue weighted by atomic mass is 10.0. The van der Waals surface area contributed by atoms with Crippen LogP contribution in [-0.2, 0) is 11.2 Å². The fourth-order valence-electron chi connectivity index (χ4n) is 2.97. The summed E-state index contributed by atoms with van der Waals surface area (Å²) in [4.78, 5) is 24.8. The number of furan rings is 1. The maximum absolute atomic E-state index is 12.6. The number of fused-ring (bicyclic) bond motifs is 1. The van der Waals surface area contributed by atoms with Crippen molar-refractivity contribution in [2.45, 2.75) is 13.3 Å². The van der Waals surface area contributed by atoms with Crippen molar-refractivity contribution in [3.63, 3.8) is 0 Å². The number of allylic oxidation sites excluding steroid dienone is 1. The summed E-state index contributed by atoms with van der Waals surface area (Å²) in [5.74, 6) is 0.825. The topological polar surface area (TPSA) is 65.7 Å². The highest BCUT2D eigenvalue weighted by molar-refractivity contribution is 6.15. The van der Waals surface area contributed by atoms with Crippen molar-refractivity contribution in [3.8, 4) is 11.5 Å². The van der Waals surface area contributed by atoms with E-state index < -0.39 is 0 Å². The summed E-state index contributed by atoms with van der Waals surface area (Å²) < 4.78 is 16.3. The lowest BCUT2D eigenvalue weighted by molar-refractivity contribution is -0.133. The van der Waals surface area contributed by atoms with Gasteiger partial charge < -0.3 is 13.9 Å². The number of ether oxygens (including phenoxy) is 2. The molecule has 0 radical (unpaired) electrons. The Balaban J connectivity index is 1.54. The molecule has 0 saturated heterocycles. The summed E-state index contributed by atoms with van der Waals surface area (Å²) in [5, 5.41) is 0. The molecule has 0 unspecified atom stereocenters. The molecule has 27 heavy (non-hydrogen) atoms. The zero-order valence-electron chi connectivity index (χ0n) is 14.6. The van der Waals surface area contributed by atoms with E-state index in [0.29, 0.717) is 28.4 Å². The third kappa shape index (κ3) is 3.53. The first-order valence-corrected chi connectivity index (χ1v) is 8.47. The Labute approximate surface area is 155 Å². The number of benzene rings is 2. The normalized spacial score (nSPS) is 14.1. The van der Waals surface area contributed by atoms with Gasteiger partial charge in [0.15, 0.2) is 5.76 Å². The van der Waals surface area contributed by atoms with Crippen LogP contribution in [0.3, 0.4) is 0 Å². The minimum atomic E-state index is -0.378. The summed E-state index contributed by atoms with van der Waals surface area (Å²) in [6.07, 6.45) is 3.23. The first kappa shape index (κ1) is 16.8. The third-order valence-electron chi connectivity index (χ3n) is 4.18. The van der Waals surface area contributed by atoms with Crippen LogP contribution in [0.1, 0.15) is 27.2 Å². The van der Waals surface area contributed by atoms with Crippen LogP contribution in [0.5, 0.6) is 11.5 Å². The van der Waals surface area contributed by atoms with Crippen LogP contribution in [0.15, 0.2) is 71.0 Å². The van der Waals surface area contributed by atoms with Crippen molar-refractivity contribution in [1.82, 2.24) is 0 Å². The molecule has 4 rings (SSSR count). The lowest BCUT2D eigenvalue weighted by Crippen LogP contribution is -2.11. The van der Waals surface area contributed by atoms with E-state index in [-0.39, 0.29) is 23.9 Å². The van der Waals surface area contributed by atoms with E-state index in [1.807, 2.05) is 30.3 Å². The molecule has 1 aromatic heterocycles. The van der Waals surface area contributed by atoms with Crippen molar-refractivity contribution in [2.75, 3.05) is 0 Å². The van der Waals surface area contributed by atoms with Gasteiger partial charge >= 0.3 is 5.97 Å². The highest BCUT2D eigenvalue weighted by atomic mass is 16.5. The molecule has 0 aliphatic carbocycles. The number of hydrogen-bond donors (Lipinski definition) is 0. The summed E-state index contributed by atoms with van der Waals surface area (Å²) >= 11 is 0. The quantitative estimate of drug-likeness (QED) is 0.393. The van der Waals surface area contributed by atoms with Gasteiger partial charge in [-0.2, -0.15) is 0 Å². The molecule has 0 N–H and O–H groups in total. The van der Waals surface area contributed by atoms with Gasteiger partial charge in [-0.25, -0.2) is 0 Å². The molecule has 2 aromatic carbocycles. The molecule has 0 amide bonds. The SMILES string of the molecule is Cc1cc(OC(=O)Cc2ccccc2)cc2c1C(=O)/C(=C/c1ccco1)O2. The van der Waals surface area contributed by atoms with E-state index in [9.17, 15) is 9.59 Å². The van der Waals surface area contributed by atoms with E-state index in [1.165, 1.54) is 6.26 Å². The van der Waals surface area contributed by atoms with E-state index in [2.05, 4.69) is 0 Å². The number of carbonyl (C=O) groups excluding carboxylic acids is 2. The van der Waals surface area contributed by atoms with Gasteiger partial charge in [0.1, 0.15) is 17.3 Å². The van der Waals surface area contributed by atoms with Crippen molar-refractivity contribution in [2.24, 2.45) is 0 Å². The minimum Gasteiger partial charge on any atom is -0.465 e. The second kappa shape index (κ2) is 6.96. The van der Waals surface area contributed by atoms with Crippen molar-refractivity contribution in [1.29, 1.82) is 0 Å². The molecule has 5 heteroatoms. The van der Waals surface area contributed by atoms with E-state index >= 15 is 0 Å². The molecular weight excluding hydrogens is 344 g/mol. The Bertz CT molecular complexity index is 1030. The maximum Gasteiger partial charge on any atom is 0.315 e. The lowest BCUT2D eigenvalue weighted by Gasteiger charge is -2.08. The molecule has 3 aromatic rings. The molecule has 0 bridgehead atoms. The van der Waals surface area contributed by atoms with Crippen LogP contribution in [0.4, 0.5) is 0 Å². The highest BCUT2D eigenvalue weighted by Gasteiger charge is 2.30. The Morgan fingerprint density at radius 1 is 1.11 bits per heavy atom. The molecule has 0 spiro atoms. The van der Waals surface area contributed by atoms with Gasteiger partial charge in [-0.1, -0.05) is 30.3 Å². The molecule has 0 saturated carbocycles. The average molecular weight is 360 g/mol. The second-order valence-corrected chi connectivity index (χ2v) is 6.20. The second-order valence-electron chi connectivity index (χ2n) is 6.20. The van der Waals surface area contributed by atoms with Gasteiger partial charge in [-0.05, 0) is 36.2 Å². The Morgan fingerprint density at radius 2 is 1.93 bits per heavy atom. The van der Waals surface area contributed by atoms with Crippen LogP contribution in [-0.4, -0.2) is 11.8 Å². The minimum absolute atomic E-state index is 0.167. The monoisotopic (exact) mass is 360 g/mol. The number of ketones is 1. The highest BCUT2D eigenvalue weighted by Crippen LogP contribution is 2.37. The molecule has 1 aliphatic heterocycles. The van der Waals surface area contributed by atoms with E-state index in [1.54, 1.807) is 37.3 Å². The first-order chi connectivity index (χ1) is 13.1. The number of aryl methyl sites for hydroxylation is 1. The Morgan fingerprint density at radius 3 is 2.67 bits per heavy atom. The molecular formula is C22H16O5. The molecule has 5 nitrogen and oxygen atoms in total. The summed E-state index contributed by atoms with van der Waals surface area (Å²) in [6, 6.07) is 16.0. The third-order valence-corrected chi connectivity index (χ3v) is 4.18. The average Bonchev–Trinajstić information content (AvgIpc) is 3.24. The van der Waals surface area contributed by atoms with Gasteiger partial charge in [0.05, 0.1) is 18.2 Å². The number of Topliss-reactive ketones (excluding diaryl/α,β-unsaturated/α-hetero) is 1. The molecule has 2 heterocycles. The van der Waals surface area contributed by atoms with Crippen molar-refractivity contribution in [3.05, 3.63) is 89.1 Å². The number of carbonyl (C=O) groups is 2. The number of esters is 1. The summed E-state index contributed by atoms with van der Waals surface area (Å²) in [6.45, 7) is 1.78. The van der Waals surface area contributed by atoms with Gasteiger partial charge in [-0.3, -0.25) is 9.59 Å². The summed E-state index contributed by atoms with van der Waals surface area (Å²) in [7, 11) is 0. The largest absolute Gasteiger partial charge is 0.465 e. The van der Waals surface area contributed by atoms with Crippen LogP contribution in [0.25, 0.3) is 6.08 Å². The predicted octanol–water partition coefficient (Wildman–Crippen LogP) is 4.35. The smallest absolute Gasteiger partial charge is 0.315 e.